The smallest absolute Gasteiger partial charge is 0.338 e. The summed E-state index contributed by atoms with van der Waals surface area (Å²) >= 11 is 0. The van der Waals surface area contributed by atoms with E-state index in [-0.39, 0.29) is 17.9 Å². The van der Waals surface area contributed by atoms with Gasteiger partial charge in [0.2, 0.25) is 0 Å². The van der Waals surface area contributed by atoms with E-state index in [9.17, 15) is 9.59 Å². The molecule has 0 aliphatic carbocycles. The zero-order chi connectivity index (χ0) is 20.2. The number of aromatic nitrogens is 1. The Kier molecular flexibility index (Phi) is 9.15. The van der Waals surface area contributed by atoms with Crippen LogP contribution in [0.15, 0.2) is 54.9 Å². The summed E-state index contributed by atoms with van der Waals surface area (Å²) in [6.45, 7) is 4.19. The molecule has 28 heavy (non-hydrogen) atoms. The number of rotatable bonds is 11. The molecule has 1 atom stereocenters. The van der Waals surface area contributed by atoms with Gasteiger partial charge in [-0.05, 0) is 12.5 Å². The van der Waals surface area contributed by atoms with E-state index in [2.05, 4.69) is 4.74 Å². The average Bonchev–Trinajstić information content (AvgIpc) is 2.75. The van der Waals surface area contributed by atoms with Gasteiger partial charge in [0, 0.05) is 31.6 Å². The van der Waals surface area contributed by atoms with Crippen molar-refractivity contribution in [3.05, 3.63) is 66.0 Å². The van der Waals surface area contributed by atoms with Crippen LogP contribution in [0.2, 0.25) is 0 Å². The highest BCUT2D eigenvalue weighted by Crippen LogP contribution is 2.16. The lowest BCUT2D eigenvalue weighted by Gasteiger charge is -2.11. The second kappa shape index (κ2) is 11.9. The van der Waals surface area contributed by atoms with Gasteiger partial charge in [0.15, 0.2) is 18.9 Å². The van der Waals surface area contributed by atoms with Gasteiger partial charge < -0.3 is 14.2 Å². The molecule has 0 N–H and O–H groups in total. The molecular weight excluding hydrogens is 358 g/mol. The Morgan fingerprint density at radius 2 is 1.64 bits per heavy atom. The second-order valence-electron chi connectivity index (χ2n) is 6.44. The van der Waals surface area contributed by atoms with E-state index in [4.69, 9.17) is 9.47 Å². The van der Waals surface area contributed by atoms with E-state index < -0.39 is 0 Å². The Labute approximate surface area is 166 Å². The molecular formula is C22H28NO5+. The van der Waals surface area contributed by atoms with Gasteiger partial charge in [-0.1, -0.05) is 30.3 Å². The third-order valence-corrected chi connectivity index (χ3v) is 4.35. The number of benzene rings is 1. The predicted octanol–water partition coefficient (Wildman–Crippen LogP) is 2.90. The van der Waals surface area contributed by atoms with E-state index in [1.165, 1.54) is 7.11 Å². The minimum atomic E-state index is -0.339. The molecule has 0 spiro atoms. The van der Waals surface area contributed by atoms with Crippen molar-refractivity contribution in [2.24, 2.45) is 0 Å². The highest BCUT2D eigenvalue weighted by molar-refractivity contribution is 5.88. The van der Waals surface area contributed by atoms with Gasteiger partial charge in [-0.25, -0.2) is 9.36 Å². The van der Waals surface area contributed by atoms with E-state index in [1.807, 2.05) is 54.2 Å². The molecule has 6 heteroatoms. The van der Waals surface area contributed by atoms with Gasteiger partial charge in [-0.3, -0.25) is 4.79 Å². The van der Waals surface area contributed by atoms with Gasteiger partial charge in [-0.15, -0.1) is 0 Å². The molecule has 1 heterocycles. The number of hydrogen-bond donors (Lipinski definition) is 0. The normalized spacial score (nSPS) is 11.6. The maximum atomic E-state index is 12.0. The van der Waals surface area contributed by atoms with E-state index in [1.54, 1.807) is 12.1 Å². The van der Waals surface area contributed by atoms with Crippen LogP contribution in [0.5, 0.6) is 0 Å². The molecule has 0 aliphatic rings. The van der Waals surface area contributed by atoms with Crippen molar-refractivity contribution >= 4 is 11.9 Å². The molecule has 2 rings (SSSR count). The maximum Gasteiger partial charge on any atom is 0.338 e. The number of carbonyl (C=O) groups is 2. The zero-order valence-corrected chi connectivity index (χ0v) is 16.5. The van der Waals surface area contributed by atoms with Crippen LogP contribution < -0.4 is 4.57 Å². The second-order valence-corrected chi connectivity index (χ2v) is 6.44. The van der Waals surface area contributed by atoms with Crippen molar-refractivity contribution in [1.29, 1.82) is 0 Å². The largest absolute Gasteiger partial charge is 0.465 e. The maximum absolute atomic E-state index is 12.0. The van der Waals surface area contributed by atoms with Crippen LogP contribution in [-0.2, 0) is 25.5 Å². The number of esters is 2. The van der Waals surface area contributed by atoms with Crippen molar-refractivity contribution in [1.82, 2.24) is 0 Å². The third kappa shape index (κ3) is 7.12. The monoisotopic (exact) mass is 386 g/mol. The number of nitrogens with zero attached hydrogens (tertiary/aromatic N) is 1. The Hall–Kier alpha value is -2.73. The minimum absolute atomic E-state index is 0.210. The van der Waals surface area contributed by atoms with E-state index >= 15 is 0 Å². The fourth-order valence-electron chi connectivity index (χ4n) is 2.65. The minimum Gasteiger partial charge on any atom is -0.465 e. The number of carbonyl (C=O) groups excluding carboxylic acids is 2. The first-order chi connectivity index (χ1) is 13.6. The van der Waals surface area contributed by atoms with Crippen molar-refractivity contribution in [2.45, 2.75) is 32.2 Å². The number of aryl methyl sites for hydroxylation is 1. The number of ether oxygens (including phenoxy) is 3. The lowest BCUT2D eigenvalue weighted by molar-refractivity contribution is -0.697. The molecule has 0 unspecified atom stereocenters. The first kappa shape index (κ1) is 21.6. The Morgan fingerprint density at radius 1 is 0.964 bits per heavy atom. The summed E-state index contributed by atoms with van der Waals surface area (Å²) in [6, 6.07) is 13.1. The fourth-order valence-corrected chi connectivity index (χ4v) is 2.65. The molecule has 2 aromatic rings. The van der Waals surface area contributed by atoms with Crippen LogP contribution in [0.1, 0.15) is 41.6 Å². The highest BCUT2D eigenvalue weighted by atomic mass is 16.5. The SMILES string of the molecule is COC(=O)c1cc[n+](CCCOCCCOC(=O)[C@H](C)c2ccccc2)cc1. The molecule has 0 bridgehead atoms. The van der Waals surface area contributed by atoms with Crippen LogP contribution in [0.25, 0.3) is 0 Å². The average molecular weight is 386 g/mol. The van der Waals surface area contributed by atoms with Crippen LogP contribution in [0.3, 0.4) is 0 Å². The molecule has 0 aliphatic heterocycles. The van der Waals surface area contributed by atoms with E-state index in [0.717, 1.165) is 18.5 Å². The molecule has 150 valence electrons. The number of pyridine rings is 1. The number of methoxy groups -OCH3 is 1. The molecule has 6 nitrogen and oxygen atoms in total. The molecule has 1 aromatic carbocycles. The quantitative estimate of drug-likeness (QED) is 0.338. The number of hydrogen-bond acceptors (Lipinski definition) is 5. The molecule has 0 saturated carbocycles. The van der Waals surface area contributed by atoms with Crippen LogP contribution in [-0.4, -0.2) is 38.9 Å². The van der Waals surface area contributed by atoms with Gasteiger partial charge in [0.05, 0.1) is 31.8 Å². The summed E-state index contributed by atoms with van der Waals surface area (Å²) in [4.78, 5) is 23.4. The molecule has 1 aromatic heterocycles. The topological polar surface area (TPSA) is 65.7 Å². The van der Waals surface area contributed by atoms with Crippen molar-refractivity contribution < 1.29 is 28.4 Å². The molecule has 0 fully saturated rings. The first-order valence-corrected chi connectivity index (χ1v) is 9.48. The van der Waals surface area contributed by atoms with Crippen LogP contribution in [0.4, 0.5) is 0 Å². The van der Waals surface area contributed by atoms with Crippen molar-refractivity contribution in [3.63, 3.8) is 0 Å². The first-order valence-electron chi connectivity index (χ1n) is 9.48. The van der Waals surface area contributed by atoms with Gasteiger partial charge in [0.25, 0.3) is 0 Å². The molecule has 0 amide bonds. The summed E-state index contributed by atoms with van der Waals surface area (Å²) in [6.07, 6.45) is 5.22. The Balaban J connectivity index is 1.53. The van der Waals surface area contributed by atoms with Crippen LogP contribution in [0, 0.1) is 0 Å². The Morgan fingerprint density at radius 3 is 2.32 bits per heavy atom. The van der Waals surface area contributed by atoms with E-state index in [0.29, 0.717) is 31.8 Å². The van der Waals surface area contributed by atoms with Gasteiger partial charge in [0.1, 0.15) is 0 Å². The fraction of sp³-hybridized carbons (Fsp3) is 0.409. The highest BCUT2D eigenvalue weighted by Gasteiger charge is 2.16. The lowest BCUT2D eigenvalue weighted by atomic mass is 10.0. The van der Waals surface area contributed by atoms with Crippen LogP contribution >= 0.6 is 0 Å². The third-order valence-electron chi connectivity index (χ3n) is 4.35. The summed E-state index contributed by atoms with van der Waals surface area (Å²) in [5.74, 6) is -0.808. The summed E-state index contributed by atoms with van der Waals surface area (Å²) in [5.41, 5.74) is 1.49. The summed E-state index contributed by atoms with van der Waals surface area (Å²) < 4.78 is 17.6. The molecule has 0 radical (unpaired) electrons. The standard InChI is InChI=1S/C22H28NO5/c1-18(19-8-4-3-5-9-19)21(24)28-17-7-16-27-15-6-12-23-13-10-20(11-14-23)22(25)26-2/h3-5,8-11,13-14,18H,6-7,12,15-17H2,1-2H3/q+1/t18-/m1/s1. The van der Waals surface area contributed by atoms with Gasteiger partial charge >= 0.3 is 11.9 Å². The lowest BCUT2D eigenvalue weighted by Crippen LogP contribution is -2.33. The van der Waals surface area contributed by atoms with Gasteiger partial charge in [-0.2, -0.15) is 0 Å². The summed E-state index contributed by atoms with van der Waals surface area (Å²) in [5, 5.41) is 0. The Bertz CT molecular complexity index is 730. The van der Waals surface area contributed by atoms with Crippen molar-refractivity contribution in [3.8, 4) is 0 Å². The van der Waals surface area contributed by atoms with Crippen molar-refractivity contribution in [2.75, 3.05) is 26.9 Å². The molecule has 0 saturated heterocycles. The summed E-state index contributed by atoms with van der Waals surface area (Å²) in [7, 11) is 1.37. The predicted molar refractivity (Wildman–Crippen MR) is 104 cm³/mol. The zero-order valence-electron chi connectivity index (χ0n) is 16.5.